The molecule has 2 nitrogen and oxygen atoms in total. The molecule has 1 aromatic heterocycles. The number of hydrogen-bond donors (Lipinski definition) is 1. The second-order valence-corrected chi connectivity index (χ2v) is 3.26. The summed E-state index contributed by atoms with van der Waals surface area (Å²) in [5.74, 6) is 0. The van der Waals surface area contributed by atoms with Crippen molar-refractivity contribution in [2.75, 3.05) is 0 Å². The van der Waals surface area contributed by atoms with Crippen LogP contribution in [0.5, 0.6) is 0 Å². The Morgan fingerprint density at radius 2 is 1.36 bits per heavy atom. The molecular weight excluding hydrogens is 232 g/mol. The van der Waals surface area contributed by atoms with Gasteiger partial charge >= 0.3 is 10.3 Å². The standard InChI is InChI=1S/C5H2Cl4NO/c6-2-1-3(7)5(9)10(11)4(2)8/h1,11H/q+1. The lowest BCUT2D eigenvalue weighted by molar-refractivity contribution is -0.901. The van der Waals surface area contributed by atoms with Crippen molar-refractivity contribution in [2.45, 2.75) is 0 Å². The van der Waals surface area contributed by atoms with Crippen LogP contribution in [0.2, 0.25) is 20.4 Å². The Morgan fingerprint density at radius 3 is 1.73 bits per heavy atom. The largest absolute Gasteiger partial charge is 0.345 e. The van der Waals surface area contributed by atoms with Crippen LogP contribution in [0.3, 0.4) is 0 Å². The Hall–Kier alpha value is 0.110. The van der Waals surface area contributed by atoms with Gasteiger partial charge in [-0.25, -0.2) is 0 Å². The Morgan fingerprint density at radius 1 is 1.00 bits per heavy atom. The van der Waals surface area contributed by atoms with E-state index in [0.717, 1.165) is 0 Å². The van der Waals surface area contributed by atoms with Gasteiger partial charge in [-0.05, 0) is 29.3 Å². The smallest absolute Gasteiger partial charge is 0.282 e. The number of halogens is 4. The summed E-state index contributed by atoms with van der Waals surface area (Å²) < 4.78 is 0.508. The number of pyridine rings is 1. The highest BCUT2D eigenvalue weighted by Crippen LogP contribution is 2.26. The molecule has 0 fully saturated rings. The minimum atomic E-state index is -0.0685. The van der Waals surface area contributed by atoms with Gasteiger partial charge in [0.05, 0.1) is 0 Å². The van der Waals surface area contributed by atoms with Crippen molar-refractivity contribution >= 4 is 46.4 Å². The van der Waals surface area contributed by atoms with E-state index in [1.165, 1.54) is 6.07 Å². The summed E-state index contributed by atoms with van der Waals surface area (Å²) in [4.78, 5) is 0. The molecule has 0 aliphatic carbocycles. The zero-order valence-corrected chi connectivity index (χ0v) is 8.01. The molecule has 0 spiro atoms. The first kappa shape index (κ1) is 9.20. The summed E-state index contributed by atoms with van der Waals surface area (Å²) in [6.07, 6.45) is 0. The molecule has 0 unspecified atom stereocenters. The van der Waals surface area contributed by atoms with E-state index >= 15 is 0 Å². The van der Waals surface area contributed by atoms with Crippen LogP contribution >= 0.6 is 46.4 Å². The Balaban J connectivity index is 3.46. The first-order valence-corrected chi connectivity index (χ1v) is 3.99. The van der Waals surface area contributed by atoms with Gasteiger partial charge < -0.3 is 0 Å². The molecule has 0 saturated heterocycles. The molecule has 1 rings (SSSR count). The lowest BCUT2D eigenvalue weighted by atomic mass is 10.5. The van der Waals surface area contributed by atoms with E-state index in [2.05, 4.69) is 0 Å². The van der Waals surface area contributed by atoms with Crippen molar-refractivity contribution in [1.82, 2.24) is 0 Å². The number of nitrogens with zero attached hydrogens (tertiary/aromatic N) is 1. The van der Waals surface area contributed by atoms with E-state index in [9.17, 15) is 0 Å². The maximum absolute atomic E-state index is 9.05. The summed E-state index contributed by atoms with van der Waals surface area (Å²) in [5, 5.41) is 9.20. The third-order valence-corrected chi connectivity index (χ3v) is 2.52. The van der Waals surface area contributed by atoms with Crippen LogP contribution in [0.15, 0.2) is 6.07 Å². The summed E-state index contributed by atoms with van der Waals surface area (Å²) in [6, 6.07) is 1.35. The fourth-order valence-corrected chi connectivity index (χ4v) is 1.27. The van der Waals surface area contributed by atoms with Gasteiger partial charge in [0.25, 0.3) is 0 Å². The number of hydrogen-bond acceptors (Lipinski definition) is 1. The second-order valence-electron chi connectivity index (χ2n) is 1.73. The van der Waals surface area contributed by atoms with Gasteiger partial charge in [-0.1, -0.05) is 23.2 Å². The van der Waals surface area contributed by atoms with Crippen molar-refractivity contribution in [3.05, 3.63) is 26.4 Å². The fraction of sp³-hybridized carbons (Fsp3) is 0. The third-order valence-electron chi connectivity index (χ3n) is 1.02. The molecule has 60 valence electrons. The summed E-state index contributed by atoms with van der Waals surface area (Å²) >= 11 is 22.1. The van der Waals surface area contributed by atoms with Crippen molar-refractivity contribution in [1.29, 1.82) is 0 Å². The van der Waals surface area contributed by atoms with Crippen LogP contribution < -0.4 is 4.73 Å². The van der Waals surface area contributed by atoms with Gasteiger partial charge in [0.2, 0.25) is 0 Å². The molecule has 1 aromatic rings. The molecule has 0 radical (unpaired) electrons. The zero-order valence-electron chi connectivity index (χ0n) is 4.98. The molecule has 0 atom stereocenters. The Bertz CT molecular complexity index is 275. The Labute approximate surface area is 82.8 Å². The average Bonchev–Trinajstić information content (AvgIpc) is 1.97. The average molecular weight is 234 g/mol. The van der Waals surface area contributed by atoms with Crippen LogP contribution in [-0.2, 0) is 0 Å². The quantitative estimate of drug-likeness (QED) is 0.416. The zero-order chi connectivity index (χ0) is 8.59. The molecule has 0 aliphatic heterocycles. The predicted octanol–water partition coefficient (Wildman–Crippen LogP) is 2.83. The fourth-order valence-electron chi connectivity index (χ4n) is 0.519. The van der Waals surface area contributed by atoms with Crippen molar-refractivity contribution in [2.24, 2.45) is 0 Å². The monoisotopic (exact) mass is 232 g/mol. The molecule has 0 amide bonds. The minimum absolute atomic E-state index is 0.0685. The minimum Gasteiger partial charge on any atom is -0.282 e. The molecular formula is C5H2Cl4NO+. The highest BCUT2D eigenvalue weighted by molar-refractivity contribution is 6.44. The summed E-state index contributed by atoms with van der Waals surface area (Å²) in [6.45, 7) is 0. The molecule has 6 heteroatoms. The molecule has 0 aliphatic rings. The van der Waals surface area contributed by atoms with Crippen molar-refractivity contribution in [3.63, 3.8) is 0 Å². The number of aromatic nitrogens is 1. The van der Waals surface area contributed by atoms with Gasteiger partial charge in [0.1, 0.15) is 10.0 Å². The van der Waals surface area contributed by atoms with Crippen molar-refractivity contribution < 1.29 is 9.94 Å². The normalized spacial score (nSPS) is 10.2. The highest BCUT2D eigenvalue weighted by atomic mass is 35.5. The lowest BCUT2D eigenvalue weighted by Gasteiger charge is -1.93. The highest BCUT2D eigenvalue weighted by Gasteiger charge is 2.21. The lowest BCUT2D eigenvalue weighted by Crippen LogP contribution is -2.33. The van der Waals surface area contributed by atoms with E-state index in [4.69, 9.17) is 51.6 Å². The summed E-state index contributed by atoms with van der Waals surface area (Å²) in [7, 11) is 0. The van der Waals surface area contributed by atoms with Gasteiger partial charge in [0.15, 0.2) is 0 Å². The van der Waals surface area contributed by atoms with Gasteiger partial charge in [-0.2, -0.15) is 0 Å². The van der Waals surface area contributed by atoms with Crippen molar-refractivity contribution in [3.8, 4) is 0 Å². The first-order chi connectivity index (χ1) is 5.04. The molecule has 1 N–H and O–H groups in total. The van der Waals surface area contributed by atoms with Gasteiger partial charge in [-0.15, -0.1) is 0 Å². The maximum Gasteiger partial charge on any atom is 0.345 e. The van der Waals surface area contributed by atoms with E-state index in [1.807, 2.05) is 0 Å². The molecule has 0 aromatic carbocycles. The molecule has 1 heterocycles. The third kappa shape index (κ3) is 1.64. The maximum atomic E-state index is 9.05. The second kappa shape index (κ2) is 3.23. The van der Waals surface area contributed by atoms with Crippen LogP contribution in [-0.4, -0.2) is 5.21 Å². The van der Waals surface area contributed by atoms with E-state index in [1.54, 1.807) is 0 Å². The van der Waals surface area contributed by atoms with Crippen LogP contribution in [0.4, 0.5) is 0 Å². The molecule has 0 saturated carbocycles. The number of rotatable bonds is 0. The van der Waals surface area contributed by atoms with E-state index in [0.29, 0.717) is 4.73 Å². The van der Waals surface area contributed by atoms with Crippen LogP contribution in [0, 0.1) is 0 Å². The molecule has 0 bridgehead atoms. The van der Waals surface area contributed by atoms with Crippen LogP contribution in [0.1, 0.15) is 0 Å². The SMILES string of the molecule is O[n+]1c(Cl)c(Cl)cc(Cl)c1Cl. The topological polar surface area (TPSA) is 24.1 Å². The first-order valence-electron chi connectivity index (χ1n) is 2.48. The van der Waals surface area contributed by atoms with E-state index in [-0.39, 0.29) is 20.4 Å². The molecule has 11 heavy (non-hydrogen) atoms. The summed E-state index contributed by atoms with van der Waals surface area (Å²) in [5.41, 5.74) is 0. The van der Waals surface area contributed by atoms with Gasteiger partial charge in [-0.3, -0.25) is 5.21 Å². The van der Waals surface area contributed by atoms with Crippen LogP contribution in [0.25, 0.3) is 0 Å². The Kier molecular flexibility index (Phi) is 2.70. The van der Waals surface area contributed by atoms with E-state index < -0.39 is 0 Å². The predicted molar refractivity (Wildman–Crippen MR) is 43.9 cm³/mol. The van der Waals surface area contributed by atoms with Gasteiger partial charge in [0, 0.05) is 4.73 Å².